The van der Waals surface area contributed by atoms with Crippen LogP contribution in [0.5, 0.6) is 0 Å². The second-order valence-corrected chi connectivity index (χ2v) is 13.5. The third-order valence-corrected chi connectivity index (χ3v) is 10.5. The first-order valence-electron chi connectivity index (χ1n) is 17.6. The summed E-state index contributed by atoms with van der Waals surface area (Å²) >= 11 is 0. The molecular formula is C47H29N3O2. The van der Waals surface area contributed by atoms with Gasteiger partial charge in [-0.25, -0.2) is 15.0 Å². The van der Waals surface area contributed by atoms with E-state index in [0.29, 0.717) is 17.5 Å². The van der Waals surface area contributed by atoms with Gasteiger partial charge in [0.15, 0.2) is 17.5 Å². The predicted molar refractivity (Wildman–Crippen MR) is 208 cm³/mol. The molecule has 11 rings (SSSR count). The number of para-hydroxylation sites is 2. The maximum absolute atomic E-state index is 6.83. The Morgan fingerprint density at radius 1 is 0.423 bits per heavy atom. The highest BCUT2D eigenvalue weighted by Crippen LogP contribution is 2.46. The Morgan fingerprint density at radius 3 is 2.00 bits per heavy atom. The number of benzene rings is 7. The van der Waals surface area contributed by atoms with Gasteiger partial charge in [-0.3, -0.25) is 0 Å². The Kier molecular flexibility index (Phi) is 6.31. The summed E-state index contributed by atoms with van der Waals surface area (Å²) in [5.74, 6) is 1.92. The fourth-order valence-electron chi connectivity index (χ4n) is 8.15. The van der Waals surface area contributed by atoms with Crippen LogP contribution in [0.3, 0.4) is 0 Å². The lowest BCUT2D eigenvalue weighted by Gasteiger charge is -2.28. The average Bonchev–Trinajstić information content (AvgIpc) is 3.79. The third kappa shape index (κ3) is 4.46. The van der Waals surface area contributed by atoms with Crippen molar-refractivity contribution in [2.24, 2.45) is 0 Å². The minimum Gasteiger partial charge on any atom is -0.456 e. The van der Waals surface area contributed by atoms with E-state index < -0.39 is 0 Å². The number of furan rings is 2. The van der Waals surface area contributed by atoms with Crippen molar-refractivity contribution < 1.29 is 8.83 Å². The van der Waals surface area contributed by atoms with E-state index in [1.165, 1.54) is 27.8 Å². The normalized spacial score (nSPS) is 13.9. The standard InChI is InChI=1S/C47H29N3O2/c1-2-12-28(13-3-1)45-48-46(30-24-25-35-34-18-8-9-22-40(34)51-42(35)27-30)50-47(49-45)38-21-11-23-41-43(38)37-20-10-19-36(44(37)52-41)39-26-29-14-4-5-15-31(29)32-16-6-7-17-33(32)39/h1-25,27,39H,26H2. The highest BCUT2D eigenvalue weighted by molar-refractivity contribution is 6.13. The van der Waals surface area contributed by atoms with Crippen LogP contribution in [0.4, 0.5) is 0 Å². The first-order chi connectivity index (χ1) is 25.8. The lowest BCUT2D eigenvalue weighted by Crippen LogP contribution is -2.12. The van der Waals surface area contributed by atoms with Crippen LogP contribution >= 0.6 is 0 Å². The molecule has 244 valence electrons. The van der Waals surface area contributed by atoms with Crippen LogP contribution in [0, 0.1) is 0 Å². The molecule has 0 amide bonds. The molecule has 0 fully saturated rings. The summed E-state index contributed by atoms with van der Waals surface area (Å²) in [6.45, 7) is 0. The Balaban J connectivity index is 1.11. The summed E-state index contributed by atoms with van der Waals surface area (Å²) in [6, 6.07) is 54.6. The predicted octanol–water partition coefficient (Wildman–Crippen LogP) is 12.0. The van der Waals surface area contributed by atoms with E-state index in [2.05, 4.69) is 91.0 Å². The topological polar surface area (TPSA) is 65.0 Å². The smallest absolute Gasteiger partial charge is 0.164 e. The van der Waals surface area contributed by atoms with E-state index >= 15 is 0 Å². The molecule has 3 aromatic heterocycles. The van der Waals surface area contributed by atoms with Crippen LogP contribution in [0.25, 0.3) is 89.2 Å². The van der Waals surface area contributed by atoms with Crippen molar-refractivity contribution in [1.29, 1.82) is 0 Å². The summed E-state index contributed by atoms with van der Waals surface area (Å²) in [5, 5.41) is 4.19. The molecule has 5 heteroatoms. The van der Waals surface area contributed by atoms with E-state index in [-0.39, 0.29) is 5.92 Å². The average molecular weight is 668 g/mol. The Morgan fingerprint density at radius 2 is 1.08 bits per heavy atom. The van der Waals surface area contributed by atoms with Crippen molar-refractivity contribution in [3.8, 4) is 45.3 Å². The first-order valence-corrected chi connectivity index (χ1v) is 17.6. The number of hydrogen-bond donors (Lipinski definition) is 0. The molecule has 0 N–H and O–H groups in total. The monoisotopic (exact) mass is 667 g/mol. The quantitative estimate of drug-likeness (QED) is 0.187. The van der Waals surface area contributed by atoms with Crippen molar-refractivity contribution in [3.63, 3.8) is 0 Å². The second-order valence-electron chi connectivity index (χ2n) is 13.5. The summed E-state index contributed by atoms with van der Waals surface area (Å²) < 4.78 is 13.1. The van der Waals surface area contributed by atoms with Crippen molar-refractivity contribution in [3.05, 3.63) is 174 Å². The zero-order chi connectivity index (χ0) is 34.2. The van der Waals surface area contributed by atoms with Gasteiger partial charge in [0, 0.05) is 49.7 Å². The molecule has 7 aromatic carbocycles. The summed E-state index contributed by atoms with van der Waals surface area (Å²) in [5.41, 5.74) is 12.5. The van der Waals surface area contributed by atoms with E-state index in [1.54, 1.807) is 0 Å². The molecule has 1 aliphatic carbocycles. The SMILES string of the molecule is c1ccc(-c2nc(-c3ccc4c(c3)oc3ccccc34)nc(-c3cccc4oc5c(C6Cc7ccccc7-c7ccccc76)cccc5c34)n2)cc1. The van der Waals surface area contributed by atoms with Crippen molar-refractivity contribution in [2.75, 3.05) is 0 Å². The minimum absolute atomic E-state index is 0.153. The molecule has 0 spiro atoms. The van der Waals surface area contributed by atoms with Gasteiger partial charge in [-0.15, -0.1) is 0 Å². The maximum atomic E-state index is 6.83. The number of hydrogen-bond acceptors (Lipinski definition) is 5. The third-order valence-electron chi connectivity index (χ3n) is 10.5. The van der Waals surface area contributed by atoms with Gasteiger partial charge in [-0.1, -0.05) is 133 Å². The zero-order valence-electron chi connectivity index (χ0n) is 28.0. The molecule has 1 atom stereocenters. The molecular weight excluding hydrogens is 639 g/mol. The fraction of sp³-hybridized carbons (Fsp3) is 0.0426. The second kappa shape index (κ2) is 11.3. The van der Waals surface area contributed by atoms with Gasteiger partial charge in [0.25, 0.3) is 0 Å². The Labute approximate surface area is 298 Å². The maximum Gasteiger partial charge on any atom is 0.164 e. The van der Waals surface area contributed by atoms with Gasteiger partial charge in [-0.2, -0.15) is 0 Å². The molecule has 1 aliphatic rings. The van der Waals surface area contributed by atoms with Gasteiger partial charge < -0.3 is 8.83 Å². The molecule has 0 radical (unpaired) electrons. The van der Waals surface area contributed by atoms with Gasteiger partial charge in [0.2, 0.25) is 0 Å². The largest absolute Gasteiger partial charge is 0.456 e. The summed E-state index contributed by atoms with van der Waals surface area (Å²) in [6.07, 6.45) is 0.906. The van der Waals surface area contributed by atoms with Crippen LogP contribution < -0.4 is 0 Å². The highest BCUT2D eigenvalue weighted by atomic mass is 16.3. The minimum atomic E-state index is 0.153. The van der Waals surface area contributed by atoms with E-state index in [0.717, 1.165) is 67.0 Å². The zero-order valence-corrected chi connectivity index (χ0v) is 28.0. The Hall–Kier alpha value is -6.85. The van der Waals surface area contributed by atoms with Crippen molar-refractivity contribution >= 4 is 43.9 Å². The number of aromatic nitrogens is 3. The van der Waals surface area contributed by atoms with Crippen LogP contribution in [0.2, 0.25) is 0 Å². The van der Waals surface area contributed by atoms with Crippen LogP contribution in [0.1, 0.15) is 22.6 Å². The van der Waals surface area contributed by atoms with Crippen LogP contribution in [-0.4, -0.2) is 15.0 Å². The van der Waals surface area contributed by atoms with Crippen LogP contribution in [0.15, 0.2) is 167 Å². The summed E-state index contributed by atoms with van der Waals surface area (Å²) in [7, 11) is 0. The Bertz CT molecular complexity index is 3010. The van der Waals surface area contributed by atoms with E-state index in [4.69, 9.17) is 23.8 Å². The van der Waals surface area contributed by atoms with Crippen molar-refractivity contribution in [2.45, 2.75) is 12.3 Å². The number of rotatable bonds is 4. The molecule has 0 bridgehead atoms. The van der Waals surface area contributed by atoms with Gasteiger partial charge >= 0.3 is 0 Å². The van der Waals surface area contributed by atoms with E-state index in [1.807, 2.05) is 66.7 Å². The van der Waals surface area contributed by atoms with Gasteiger partial charge in [-0.05, 0) is 52.9 Å². The highest BCUT2D eigenvalue weighted by Gasteiger charge is 2.29. The molecule has 10 aromatic rings. The molecule has 0 saturated carbocycles. The molecule has 1 unspecified atom stereocenters. The lowest BCUT2D eigenvalue weighted by molar-refractivity contribution is 0.654. The molecule has 52 heavy (non-hydrogen) atoms. The van der Waals surface area contributed by atoms with Gasteiger partial charge in [0.05, 0.1) is 0 Å². The number of nitrogens with zero attached hydrogens (tertiary/aromatic N) is 3. The van der Waals surface area contributed by atoms with Gasteiger partial charge in [0.1, 0.15) is 22.3 Å². The molecule has 0 aliphatic heterocycles. The van der Waals surface area contributed by atoms with Crippen molar-refractivity contribution in [1.82, 2.24) is 15.0 Å². The lowest BCUT2D eigenvalue weighted by atomic mass is 9.75. The molecule has 3 heterocycles. The van der Waals surface area contributed by atoms with Crippen LogP contribution in [-0.2, 0) is 6.42 Å². The molecule has 5 nitrogen and oxygen atoms in total. The number of fused-ring (bicyclic) bond motifs is 9. The molecule has 0 saturated heterocycles. The fourth-order valence-corrected chi connectivity index (χ4v) is 8.15. The van der Waals surface area contributed by atoms with E-state index in [9.17, 15) is 0 Å². The first kappa shape index (κ1) is 28.9. The summed E-state index contributed by atoms with van der Waals surface area (Å²) in [4.78, 5) is 15.3.